The molecule has 0 atom stereocenters. The lowest BCUT2D eigenvalue weighted by Gasteiger charge is -2.12. The molecular weight excluding hydrogens is 200 g/mol. The van der Waals surface area contributed by atoms with Crippen LogP contribution < -0.4 is 5.32 Å². The van der Waals surface area contributed by atoms with Crippen molar-refractivity contribution in [3.8, 4) is 0 Å². The molecule has 1 N–H and O–H groups in total. The molecule has 0 aliphatic rings. The van der Waals surface area contributed by atoms with Crippen molar-refractivity contribution in [2.45, 2.75) is 19.9 Å². The molecule has 0 spiro atoms. The van der Waals surface area contributed by atoms with Gasteiger partial charge in [0.2, 0.25) is 0 Å². The summed E-state index contributed by atoms with van der Waals surface area (Å²) in [5, 5.41) is 8.29. The Morgan fingerprint density at radius 3 is 2.56 bits per heavy atom. The van der Waals surface area contributed by atoms with Gasteiger partial charge >= 0.3 is 0 Å². The maximum absolute atomic E-state index is 10.9. The summed E-state index contributed by atoms with van der Waals surface area (Å²) in [4.78, 5) is 10.9. The van der Waals surface area contributed by atoms with Crippen molar-refractivity contribution in [1.82, 2.24) is 0 Å². The quantitative estimate of drug-likeness (QED) is 0.783. The Kier molecular flexibility index (Phi) is 2.86. The zero-order valence-corrected chi connectivity index (χ0v) is 9.40. The van der Waals surface area contributed by atoms with E-state index in [0.717, 1.165) is 16.5 Å². The van der Waals surface area contributed by atoms with Gasteiger partial charge in [-0.25, -0.2) is 0 Å². The molecule has 0 aromatic heterocycles. The summed E-state index contributed by atoms with van der Waals surface area (Å²) in [5.74, 6) is 0. The predicted molar refractivity (Wildman–Crippen MR) is 68.2 cm³/mol. The molecule has 0 saturated heterocycles. The Bertz CT molecular complexity index is 520. The summed E-state index contributed by atoms with van der Waals surface area (Å²) in [5.41, 5.74) is 1.29. The van der Waals surface area contributed by atoms with E-state index in [1.54, 1.807) is 0 Å². The molecule has 2 rings (SSSR count). The molecule has 0 radical (unpaired) electrons. The van der Waals surface area contributed by atoms with E-state index in [4.69, 9.17) is 0 Å². The van der Waals surface area contributed by atoms with Gasteiger partial charge in [-0.2, -0.15) is 0 Å². The van der Waals surface area contributed by atoms with Crippen LogP contribution in [-0.4, -0.2) is 6.04 Å². The van der Waals surface area contributed by atoms with Crippen LogP contribution in [0.25, 0.3) is 10.8 Å². The van der Waals surface area contributed by atoms with Gasteiger partial charge in [-0.3, -0.25) is 0 Å². The van der Waals surface area contributed by atoms with Gasteiger partial charge in [0.1, 0.15) is 5.69 Å². The number of rotatable bonds is 3. The van der Waals surface area contributed by atoms with Crippen molar-refractivity contribution in [1.29, 1.82) is 0 Å². The molecule has 0 aliphatic heterocycles. The molecule has 82 valence electrons. The van der Waals surface area contributed by atoms with E-state index in [1.807, 2.05) is 50.2 Å². The van der Waals surface area contributed by atoms with Crippen LogP contribution in [0.2, 0.25) is 0 Å². The van der Waals surface area contributed by atoms with Gasteiger partial charge in [-0.15, -0.1) is 4.91 Å². The first kappa shape index (κ1) is 10.6. The fraction of sp³-hybridized carbons (Fsp3) is 0.231. The second-order valence-electron chi connectivity index (χ2n) is 4.07. The van der Waals surface area contributed by atoms with E-state index < -0.39 is 0 Å². The molecular formula is C13H14N2O. The van der Waals surface area contributed by atoms with Crippen LogP contribution >= 0.6 is 0 Å². The molecule has 3 heteroatoms. The molecule has 0 amide bonds. The molecule has 0 heterocycles. The van der Waals surface area contributed by atoms with Crippen molar-refractivity contribution in [2.75, 3.05) is 5.32 Å². The average molecular weight is 214 g/mol. The number of nitrogens with zero attached hydrogens (tertiary/aromatic N) is 1. The SMILES string of the molecule is CC(C)Nc1ccc2ccccc2c1N=O. The number of anilines is 1. The third-order valence-electron chi connectivity index (χ3n) is 2.44. The van der Waals surface area contributed by atoms with Gasteiger partial charge in [-0.05, 0) is 30.5 Å². The van der Waals surface area contributed by atoms with Gasteiger partial charge in [0.05, 0.1) is 5.69 Å². The molecule has 0 fully saturated rings. The summed E-state index contributed by atoms with van der Waals surface area (Å²) in [6, 6.07) is 11.9. The molecule has 3 nitrogen and oxygen atoms in total. The summed E-state index contributed by atoms with van der Waals surface area (Å²) >= 11 is 0. The molecule has 0 saturated carbocycles. The summed E-state index contributed by atoms with van der Waals surface area (Å²) in [6.07, 6.45) is 0. The van der Waals surface area contributed by atoms with Crippen LogP contribution in [0, 0.1) is 4.91 Å². The van der Waals surface area contributed by atoms with Gasteiger partial charge in [0.25, 0.3) is 0 Å². The second-order valence-corrected chi connectivity index (χ2v) is 4.07. The number of nitrogens with one attached hydrogen (secondary N) is 1. The van der Waals surface area contributed by atoms with Crippen molar-refractivity contribution in [3.63, 3.8) is 0 Å². The minimum atomic E-state index is 0.279. The zero-order chi connectivity index (χ0) is 11.5. The predicted octanol–water partition coefficient (Wildman–Crippen LogP) is 4.06. The zero-order valence-electron chi connectivity index (χ0n) is 9.40. The lowest BCUT2D eigenvalue weighted by atomic mass is 10.1. The minimum absolute atomic E-state index is 0.279. The highest BCUT2D eigenvalue weighted by atomic mass is 16.3. The fourth-order valence-electron chi connectivity index (χ4n) is 1.78. The van der Waals surface area contributed by atoms with E-state index in [0.29, 0.717) is 5.69 Å². The number of benzene rings is 2. The Balaban J connectivity index is 2.63. The van der Waals surface area contributed by atoms with Gasteiger partial charge in [0.15, 0.2) is 0 Å². The summed E-state index contributed by atoms with van der Waals surface area (Å²) in [6.45, 7) is 4.06. The first-order valence-electron chi connectivity index (χ1n) is 5.34. The van der Waals surface area contributed by atoms with Crippen molar-refractivity contribution < 1.29 is 0 Å². The summed E-state index contributed by atoms with van der Waals surface area (Å²) in [7, 11) is 0. The van der Waals surface area contributed by atoms with Gasteiger partial charge < -0.3 is 5.32 Å². The largest absolute Gasteiger partial charge is 0.381 e. The highest BCUT2D eigenvalue weighted by Gasteiger charge is 2.08. The molecule has 0 bridgehead atoms. The van der Waals surface area contributed by atoms with Crippen LogP contribution in [-0.2, 0) is 0 Å². The first-order chi connectivity index (χ1) is 7.72. The average Bonchev–Trinajstić information content (AvgIpc) is 2.28. The van der Waals surface area contributed by atoms with E-state index >= 15 is 0 Å². The van der Waals surface area contributed by atoms with E-state index in [2.05, 4.69) is 10.5 Å². The third-order valence-corrected chi connectivity index (χ3v) is 2.44. The van der Waals surface area contributed by atoms with Gasteiger partial charge in [-0.1, -0.05) is 30.3 Å². The van der Waals surface area contributed by atoms with Gasteiger partial charge in [0, 0.05) is 11.4 Å². The minimum Gasteiger partial charge on any atom is -0.381 e. The Morgan fingerprint density at radius 1 is 1.12 bits per heavy atom. The van der Waals surface area contributed by atoms with E-state index in [1.165, 1.54) is 0 Å². The molecule has 0 unspecified atom stereocenters. The first-order valence-corrected chi connectivity index (χ1v) is 5.34. The molecule has 2 aromatic carbocycles. The Hall–Kier alpha value is -1.90. The van der Waals surface area contributed by atoms with Crippen LogP contribution in [0.3, 0.4) is 0 Å². The number of hydrogen-bond donors (Lipinski definition) is 1. The number of nitroso groups, excluding NO2 is 1. The third kappa shape index (κ3) is 1.89. The van der Waals surface area contributed by atoms with Crippen LogP contribution in [0.5, 0.6) is 0 Å². The van der Waals surface area contributed by atoms with Crippen LogP contribution in [0.15, 0.2) is 41.6 Å². The standard InChI is InChI=1S/C13H14N2O/c1-9(2)14-12-8-7-10-5-3-4-6-11(10)13(12)15-16/h3-9,14H,1-2H3. The second kappa shape index (κ2) is 4.31. The fourth-order valence-corrected chi connectivity index (χ4v) is 1.78. The number of fused-ring (bicyclic) bond motifs is 1. The monoisotopic (exact) mass is 214 g/mol. The van der Waals surface area contributed by atoms with E-state index in [-0.39, 0.29) is 6.04 Å². The Morgan fingerprint density at radius 2 is 1.88 bits per heavy atom. The smallest absolute Gasteiger partial charge is 0.138 e. The lowest BCUT2D eigenvalue weighted by molar-refractivity contribution is 0.900. The summed E-state index contributed by atoms with van der Waals surface area (Å²) < 4.78 is 0. The highest BCUT2D eigenvalue weighted by Crippen LogP contribution is 2.34. The van der Waals surface area contributed by atoms with Crippen molar-refractivity contribution in [3.05, 3.63) is 41.3 Å². The topological polar surface area (TPSA) is 41.5 Å². The van der Waals surface area contributed by atoms with E-state index in [9.17, 15) is 4.91 Å². The van der Waals surface area contributed by atoms with Crippen molar-refractivity contribution >= 4 is 22.1 Å². The normalized spacial score (nSPS) is 10.7. The van der Waals surface area contributed by atoms with Crippen LogP contribution in [0.1, 0.15) is 13.8 Å². The maximum atomic E-state index is 10.9. The molecule has 16 heavy (non-hydrogen) atoms. The maximum Gasteiger partial charge on any atom is 0.138 e. The lowest BCUT2D eigenvalue weighted by Crippen LogP contribution is -2.09. The van der Waals surface area contributed by atoms with Crippen LogP contribution in [0.4, 0.5) is 11.4 Å². The molecule has 2 aromatic rings. The number of hydrogen-bond acceptors (Lipinski definition) is 3. The van der Waals surface area contributed by atoms with Crippen molar-refractivity contribution in [2.24, 2.45) is 5.18 Å². The molecule has 0 aliphatic carbocycles. The highest BCUT2D eigenvalue weighted by molar-refractivity contribution is 5.98. The Labute approximate surface area is 94.5 Å².